The highest BCUT2D eigenvalue weighted by Crippen LogP contribution is 2.30. The molecule has 19 heavy (non-hydrogen) atoms. The number of hydrogen-bond donors (Lipinski definition) is 2. The van der Waals surface area contributed by atoms with E-state index in [1.807, 2.05) is 20.0 Å². The van der Waals surface area contributed by atoms with Crippen LogP contribution in [0.1, 0.15) is 25.5 Å². The van der Waals surface area contributed by atoms with Crippen molar-refractivity contribution < 1.29 is 0 Å². The van der Waals surface area contributed by atoms with E-state index in [0.29, 0.717) is 11.4 Å². The SMILES string of the molecule is CNc1nc(C)cc(NCC2(C)CCN(C)CC2)n1. The Hall–Kier alpha value is -1.36. The number of aromatic nitrogens is 2. The summed E-state index contributed by atoms with van der Waals surface area (Å²) in [6.07, 6.45) is 2.47. The molecule has 0 amide bonds. The smallest absolute Gasteiger partial charge is 0.224 e. The zero-order chi connectivity index (χ0) is 13.9. The molecule has 1 saturated heterocycles. The molecule has 5 nitrogen and oxygen atoms in total. The van der Waals surface area contributed by atoms with Crippen LogP contribution in [0.2, 0.25) is 0 Å². The number of nitrogens with zero attached hydrogens (tertiary/aromatic N) is 3. The minimum atomic E-state index is 0.366. The van der Waals surface area contributed by atoms with Crippen molar-refractivity contribution in [2.24, 2.45) is 5.41 Å². The number of nitrogens with one attached hydrogen (secondary N) is 2. The Morgan fingerprint density at radius 1 is 1.32 bits per heavy atom. The summed E-state index contributed by atoms with van der Waals surface area (Å²) in [4.78, 5) is 11.1. The molecule has 0 saturated carbocycles. The van der Waals surface area contributed by atoms with Gasteiger partial charge >= 0.3 is 0 Å². The first-order valence-corrected chi connectivity index (χ1v) is 6.97. The van der Waals surface area contributed by atoms with Crippen LogP contribution in [-0.2, 0) is 0 Å². The Balaban J connectivity index is 1.96. The van der Waals surface area contributed by atoms with Crippen LogP contribution in [0.3, 0.4) is 0 Å². The van der Waals surface area contributed by atoms with E-state index < -0.39 is 0 Å². The van der Waals surface area contributed by atoms with E-state index in [4.69, 9.17) is 0 Å². The Labute approximate surface area is 115 Å². The second kappa shape index (κ2) is 5.74. The lowest BCUT2D eigenvalue weighted by Crippen LogP contribution is -2.40. The molecule has 1 fully saturated rings. The fourth-order valence-corrected chi connectivity index (χ4v) is 2.41. The monoisotopic (exact) mass is 263 g/mol. The Morgan fingerprint density at radius 3 is 2.63 bits per heavy atom. The van der Waals surface area contributed by atoms with Gasteiger partial charge in [0.25, 0.3) is 0 Å². The van der Waals surface area contributed by atoms with Crippen LogP contribution in [0.25, 0.3) is 0 Å². The van der Waals surface area contributed by atoms with E-state index in [1.54, 1.807) is 0 Å². The predicted molar refractivity (Wildman–Crippen MR) is 79.6 cm³/mol. The first-order chi connectivity index (χ1) is 9.00. The lowest BCUT2D eigenvalue weighted by atomic mass is 9.80. The average molecular weight is 263 g/mol. The van der Waals surface area contributed by atoms with E-state index in [9.17, 15) is 0 Å². The maximum Gasteiger partial charge on any atom is 0.224 e. The number of rotatable bonds is 4. The number of piperidine rings is 1. The van der Waals surface area contributed by atoms with Crippen molar-refractivity contribution >= 4 is 11.8 Å². The fourth-order valence-electron chi connectivity index (χ4n) is 2.41. The maximum absolute atomic E-state index is 4.44. The molecule has 0 aliphatic carbocycles. The molecular formula is C14H25N5. The van der Waals surface area contributed by atoms with Crippen LogP contribution in [0, 0.1) is 12.3 Å². The molecule has 2 heterocycles. The normalized spacial score (nSPS) is 19.2. The van der Waals surface area contributed by atoms with E-state index >= 15 is 0 Å². The summed E-state index contributed by atoms with van der Waals surface area (Å²) in [7, 11) is 4.04. The molecule has 2 rings (SSSR count). The molecule has 0 atom stereocenters. The van der Waals surface area contributed by atoms with E-state index in [2.05, 4.69) is 39.5 Å². The minimum Gasteiger partial charge on any atom is -0.369 e. The van der Waals surface area contributed by atoms with Crippen molar-refractivity contribution in [3.8, 4) is 0 Å². The van der Waals surface area contributed by atoms with Crippen molar-refractivity contribution in [3.63, 3.8) is 0 Å². The molecule has 0 spiro atoms. The summed E-state index contributed by atoms with van der Waals surface area (Å²) in [5.41, 5.74) is 1.35. The Kier molecular flexibility index (Phi) is 4.24. The molecule has 1 aromatic rings. The van der Waals surface area contributed by atoms with Gasteiger partial charge in [-0.3, -0.25) is 0 Å². The molecule has 106 valence electrons. The lowest BCUT2D eigenvalue weighted by Gasteiger charge is -2.38. The summed E-state index contributed by atoms with van der Waals surface area (Å²) >= 11 is 0. The number of aryl methyl sites for hydroxylation is 1. The van der Waals surface area contributed by atoms with Crippen LogP contribution >= 0.6 is 0 Å². The van der Waals surface area contributed by atoms with Gasteiger partial charge in [0.05, 0.1) is 0 Å². The van der Waals surface area contributed by atoms with Gasteiger partial charge in [-0.05, 0) is 45.3 Å². The summed E-state index contributed by atoms with van der Waals surface area (Å²) in [6.45, 7) is 7.69. The molecule has 0 bridgehead atoms. The first kappa shape index (κ1) is 14.1. The van der Waals surface area contributed by atoms with Crippen molar-refractivity contribution in [1.29, 1.82) is 0 Å². The molecule has 1 aliphatic rings. The van der Waals surface area contributed by atoms with Crippen molar-refractivity contribution in [2.45, 2.75) is 26.7 Å². The molecule has 1 aromatic heterocycles. The van der Waals surface area contributed by atoms with E-state index in [0.717, 1.165) is 18.1 Å². The van der Waals surface area contributed by atoms with Gasteiger partial charge in [-0.2, -0.15) is 4.98 Å². The van der Waals surface area contributed by atoms with Crippen LogP contribution in [0.5, 0.6) is 0 Å². The topological polar surface area (TPSA) is 53.1 Å². The van der Waals surface area contributed by atoms with Crippen molar-refractivity contribution in [1.82, 2.24) is 14.9 Å². The standard InChI is InChI=1S/C14H25N5/c1-11-9-12(18-13(15-3)17-11)16-10-14(2)5-7-19(4)8-6-14/h9H,5-8,10H2,1-4H3,(H2,15,16,17,18). The quantitative estimate of drug-likeness (QED) is 0.870. The van der Waals surface area contributed by atoms with Gasteiger partial charge in [0.15, 0.2) is 0 Å². The highest BCUT2D eigenvalue weighted by atomic mass is 15.1. The van der Waals surface area contributed by atoms with Gasteiger partial charge in [-0.15, -0.1) is 0 Å². The van der Waals surface area contributed by atoms with Gasteiger partial charge in [0.2, 0.25) is 5.95 Å². The second-order valence-corrected chi connectivity index (χ2v) is 5.94. The Morgan fingerprint density at radius 2 is 2.00 bits per heavy atom. The van der Waals surface area contributed by atoms with Crippen LogP contribution in [0.15, 0.2) is 6.07 Å². The van der Waals surface area contributed by atoms with Gasteiger partial charge in [0, 0.05) is 25.4 Å². The Bertz CT molecular complexity index is 424. The minimum absolute atomic E-state index is 0.366. The van der Waals surface area contributed by atoms with Crippen LogP contribution < -0.4 is 10.6 Å². The molecule has 2 N–H and O–H groups in total. The van der Waals surface area contributed by atoms with Gasteiger partial charge < -0.3 is 15.5 Å². The fraction of sp³-hybridized carbons (Fsp3) is 0.714. The van der Waals surface area contributed by atoms with Crippen molar-refractivity contribution in [2.75, 3.05) is 44.4 Å². The zero-order valence-corrected chi connectivity index (χ0v) is 12.5. The van der Waals surface area contributed by atoms with Gasteiger partial charge in [-0.1, -0.05) is 6.92 Å². The zero-order valence-electron chi connectivity index (χ0n) is 12.5. The van der Waals surface area contributed by atoms with Gasteiger partial charge in [-0.25, -0.2) is 4.98 Å². The predicted octanol–water partition coefficient (Wildman–Crippen LogP) is 1.97. The largest absolute Gasteiger partial charge is 0.369 e. The number of anilines is 2. The molecule has 5 heteroatoms. The molecule has 0 unspecified atom stereocenters. The van der Waals surface area contributed by atoms with Crippen molar-refractivity contribution in [3.05, 3.63) is 11.8 Å². The van der Waals surface area contributed by atoms with Gasteiger partial charge in [0.1, 0.15) is 5.82 Å². The summed E-state index contributed by atoms with van der Waals surface area (Å²) in [5, 5.41) is 6.47. The molecular weight excluding hydrogens is 238 g/mol. The second-order valence-electron chi connectivity index (χ2n) is 5.94. The number of likely N-dealkylation sites (tertiary alicyclic amines) is 1. The number of hydrogen-bond acceptors (Lipinski definition) is 5. The lowest BCUT2D eigenvalue weighted by molar-refractivity contribution is 0.150. The first-order valence-electron chi connectivity index (χ1n) is 6.97. The highest BCUT2D eigenvalue weighted by Gasteiger charge is 2.28. The highest BCUT2D eigenvalue weighted by molar-refractivity contribution is 5.42. The summed E-state index contributed by atoms with van der Waals surface area (Å²) in [5.74, 6) is 1.59. The van der Waals surface area contributed by atoms with Crippen LogP contribution in [-0.4, -0.2) is 48.6 Å². The third-order valence-electron chi connectivity index (χ3n) is 3.97. The third-order valence-corrected chi connectivity index (χ3v) is 3.97. The average Bonchev–Trinajstić information content (AvgIpc) is 2.40. The summed E-state index contributed by atoms with van der Waals surface area (Å²) < 4.78 is 0. The van der Waals surface area contributed by atoms with E-state index in [1.165, 1.54) is 25.9 Å². The van der Waals surface area contributed by atoms with E-state index in [-0.39, 0.29) is 0 Å². The molecule has 1 aliphatic heterocycles. The van der Waals surface area contributed by atoms with Crippen LogP contribution in [0.4, 0.5) is 11.8 Å². The third kappa shape index (κ3) is 3.80. The molecule has 0 radical (unpaired) electrons. The summed E-state index contributed by atoms with van der Waals surface area (Å²) in [6, 6.07) is 2.00. The molecule has 0 aromatic carbocycles. The maximum atomic E-state index is 4.44.